The lowest BCUT2D eigenvalue weighted by Gasteiger charge is -2.44. The first-order valence-corrected chi connectivity index (χ1v) is 16.2. The SMILES string of the molecule is CCO[C@H]1OC(C(=O)N2CCC3(CC2)C(=O)NCN3c2ccccc2)=C[C@@H](c2c(C)n(C)n(-c3ccccc3)c2=O)[C@H]1CCCO. The van der Waals surface area contributed by atoms with E-state index in [1.807, 2.05) is 86.2 Å². The van der Waals surface area contributed by atoms with Crippen molar-refractivity contribution >= 4 is 17.5 Å². The van der Waals surface area contributed by atoms with Gasteiger partial charge in [-0.2, -0.15) is 0 Å². The second-order valence-corrected chi connectivity index (χ2v) is 12.3. The molecule has 2 aromatic carbocycles. The van der Waals surface area contributed by atoms with Gasteiger partial charge >= 0.3 is 0 Å². The van der Waals surface area contributed by atoms with Crippen molar-refractivity contribution in [3.63, 3.8) is 0 Å². The number of benzene rings is 2. The largest absolute Gasteiger partial charge is 0.459 e. The van der Waals surface area contributed by atoms with Gasteiger partial charge in [-0.1, -0.05) is 36.4 Å². The van der Waals surface area contributed by atoms with Crippen LogP contribution in [-0.2, 0) is 26.1 Å². The minimum Gasteiger partial charge on any atom is -0.459 e. The predicted molar refractivity (Wildman–Crippen MR) is 173 cm³/mol. The van der Waals surface area contributed by atoms with Gasteiger partial charge in [0.25, 0.3) is 11.5 Å². The van der Waals surface area contributed by atoms with Crippen molar-refractivity contribution in [2.75, 3.05) is 37.9 Å². The van der Waals surface area contributed by atoms with Crippen LogP contribution in [0.3, 0.4) is 0 Å². The highest BCUT2D eigenvalue weighted by molar-refractivity contribution is 5.95. The van der Waals surface area contributed by atoms with Gasteiger partial charge in [-0.25, -0.2) is 4.68 Å². The number of hydrogen-bond acceptors (Lipinski definition) is 7. The Morgan fingerprint density at radius 2 is 1.70 bits per heavy atom. The number of nitrogens with zero attached hydrogens (tertiary/aromatic N) is 4. The Labute approximate surface area is 269 Å². The zero-order valence-corrected chi connectivity index (χ0v) is 26.7. The monoisotopic (exact) mass is 629 g/mol. The molecule has 0 aliphatic carbocycles. The molecule has 0 radical (unpaired) electrons. The maximum Gasteiger partial charge on any atom is 0.288 e. The fourth-order valence-electron chi connectivity index (χ4n) is 7.33. The molecule has 3 aromatic rings. The molecule has 2 N–H and O–H groups in total. The quantitative estimate of drug-likeness (QED) is 0.373. The standard InChI is InChI=1S/C35H43N5O6/c1-4-45-33-27(16-11-21-41)28(30-24(2)37(3)40(32(30)43)26-14-9-6-10-15-26)22-29(46-33)31(42)38-19-17-35(18-20-38)34(44)36-23-39(35)25-12-7-5-8-13-25/h5-10,12-15,22,27-28,33,41H,4,11,16-21,23H2,1-3H3,(H,36,44)/t27-,28-,33+/m1/s1. The summed E-state index contributed by atoms with van der Waals surface area (Å²) >= 11 is 0. The molecule has 3 aliphatic rings. The Balaban J connectivity index is 1.32. The number of ether oxygens (including phenoxy) is 2. The number of amides is 2. The van der Waals surface area contributed by atoms with Crippen LogP contribution in [0.1, 0.15) is 49.8 Å². The maximum absolute atomic E-state index is 14.1. The molecule has 0 bridgehead atoms. The van der Waals surface area contributed by atoms with Crippen molar-refractivity contribution in [2.45, 2.75) is 57.3 Å². The van der Waals surface area contributed by atoms with E-state index in [-0.39, 0.29) is 35.7 Å². The molecule has 46 heavy (non-hydrogen) atoms. The fourth-order valence-corrected chi connectivity index (χ4v) is 7.33. The number of carbonyl (C=O) groups excluding carboxylic acids is 2. The Hall–Kier alpha value is -4.35. The molecular weight excluding hydrogens is 586 g/mol. The van der Waals surface area contributed by atoms with Gasteiger partial charge in [0, 0.05) is 62.1 Å². The lowest BCUT2D eigenvalue weighted by atomic mass is 9.80. The first kappa shape index (κ1) is 31.6. The number of hydrogen-bond donors (Lipinski definition) is 2. The van der Waals surface area contributed by atoms with Crippen LogP contribution in [0.4, 0.5) is 5.69 Å². The molecule has 0 unspecified atom stereocenters. The van der Waals surface area contributed by atoms with Crippen LogP contribution < -0.4 is 15.8 Å². The number of aromatic nitrogens is 2. The van der Waals surface area contributed by atoms with Crippen LogP contribution in [0.2, 0.25) is 0 Å². The van der Waals surface area contributed by atoms with Crippen LogP contribution in [-0.4, -0.2) is 76.0 Å². The van der Waals surface area contributed by atoms with Crippen molar-refractivity contribution in [3.8, 4) is 5.69 Å². The molecular formula is C35H43N5O6. The summed E-state index contributed by atoms with van der Waals surface area (Å²) in [5, 5.41) is 12.7. The molecule has 3 atom stereocenters. The van der Waals surface area contributed by atoms with Gasteiger partial charge < -0.3 is 29.7 Å². The summed E-state index contributed by atoms with van der Waals surface area (Å²) in [7, 11) is 1.85. The Kier molecular flexibility index (Phi) is 9.06. The fraction of sp³-hybridized carbons (Fsp3) is 0.457. The highest BCUT2D eigenvalue weighted by Crippen LogP contribution is 2.41. The van der Waals surface area contributed by atoms with Gasteiger partial charge in [0.1, 0.15) is 5.54 Å². The zero-order chi connectivity index (χ0) is 32.4. The van der Waals surface area contributed by atoms with Crippen LogP contribution in [0.15, 0.2) is 77.3 Å². The number of aliphatic hydroxyl groups is 1. The van der Waals surface area contributed by atoms with E-state index in [0.717, 1.165) is 17.1 Å². The van der Waals surface area contributed by atoms with Gasteiger partial charge in [-0.05, 0) is 69.9 Å². The van der Waals surface area contributed by atoms with Crippen LogP contribution in [0.5, 0.6) is 0 Å². The third-order valence-corrected chi connectivity index (χ3v) is 9.84. The number of likely N-dealkylation sites (tertiary alicyclic amines) is 1. The third kappa shape index (κ3) is 5.51. The van der Waals surface area contributed by atoms with E-state index in [1.165, 1.54) is 0 Å². The first-order chi connectivity index (χ1) is 22.3. The normalized spacial score (nSPS) is 22.5. The Bertz CT molecular complexity index is 1640. The number of allylic oxidation sites excluding steroid dienone is 1. The van der Waals surface area contributed by atoms with Crippen molar-refractivity contribution < 1.29 is 24.2 Å². The average Bonchev–Trinajstić information content (AvgIpc) is 3.51. The molecule has 2 saturated heterocycles. The Morgan fingerprint density at radius 3 is 2.33 bits per heavy atom. The average molecular weight is 630 g/mol. The summed E-state index contributed by atoms with van der Waals surface area (Å²) in [6.45, 7) is 5.30. The van der Waals surface area contributed by atoms with Crippen molar-refractivity contribution in [2.24, 2.45) is 13.0 Å². The second kappa shape index (κ2) is 13.2. The minimum atomic E-state index is -0.778. The number of rotatable bonds is 9. The molecule has 3 aliphatic heterocycles. The van der Waals surface area contributed by atoms with Gasteiger partial charge in [0.15, 0.2) is 5.76 Å². The number of para-hydroxylation sites is 2. The zero-order valence-electron chi connectivity index (χ0n) is 26.7. The van der Waals surface area contributed by atoms with Gasteiger partial charge in [-0.15, -0.1) is 0 Å². The number of piperidine rings is 1. The van der Waals surface area contributed by atoms with E-state index in [2.05, 4.69) is 10.2 Å². The molecule has 4 heterocycles. The van der Waals surface area contributed by atoms with Crippen molar-refractivity contribution in [1.82, 2.24) is 19.6 Å². The number of carbonyl (C=O) groups is 2. The third-order valence-electron chi connectivity index (χ3n) is 9.84. The molecule has 2 fully saturated rings. The number of aliphatic hydroxyl groups excluding tert-OH is 1. The van der Waals surface area contributed by atoms with Crippen LogP contribution >= 0.6 is 0 Å². The maximum atomic E-state index is 14.1. The lowest BCUT2D eigenvalue weighted by Crippen LogP contribution is -2.57. The summed E-state index contributed by atoms with van der Waals surface area (Å²) in [4.78, 5) is 45.3. The Morgan fingerprint density at radius 1 is 1.04 bits per heavy atom. The van der Waals surface area contributed by atoms with Gasteiger partial charge in [0.2, 0.25) is 12.2 Å². The first-order valence-electron chi connectivity index (χ1n) is 16.2. The number of anilines is 1. The lowest BCUT2D eigenvalue weighted by molar-refractivity contribution is -0.171. The van der Waals surface area contributed by atoms with Gasteiger partial charge in [-0.3, -0.25) is 19.1 Å². The predicted octanol–water partition coefficient (Wildman–Crippen LogP) is 3.19. The molecule has 1 spiro atoms. The van der Waals surface area contributed by atoms with Gasteiger partial charge in [0.05, 0.1) is 12.4 Å². The summed E-state index contributed by atoms with van der Waals surface area (Å²) in [5.41, 5.74) is 2.17. The molecule has 11 nitrogen and oxygen atoms in total. The summed E-state index contributed by atoms with van der Waals surface area (Å²) in [6.07, 6.45) is 2.99. The van der Waals surface area contributed by atoms with E-state index < -0.39 is 17.7 Å². The molecule has 2 amide bonds. The van der Waals surface area contributed by atoms with Crippen LogP contribution in [0.25, 0.3) is 5.69 Å². The smallest absolute Gasteiger partial charge is 0.288 e. The van der Waals surface area contributed by atoms with Crippen molar-refractivity contribution in [1.29, 1.82) is 0 Å². The van der Waals surface area contributed by atoms with E-state index in [4.69, 9.17) is 9.47 Å². The molecule has 11 heteroatoms. The molecule has 6 rings (SSSR count). The van der Waals surface area contributed by atoms with Crippen LogP contribution in [0, 0.1) is 12.8 Å². The minimum absolute atomic E-state index is 0.0112. The highest BCUT2D eigenvalue weighted by atomic mass is 16.7. The van der Waals surface area contributed by atoms with E-state index in [1.54, 1.807) is 15.7 Å². The van der Waals surface area contributed by atoms with E-state index in [9.17, 15) is 19.5 Å². The summed E-state index contributed by atoms with van der Waals surface area (Å²) in [5.74, 6) is -0.942. The summed E-state index contributed by atoms with van der Waals surface area (Å²) in [6, 6.07) is 19.3. The van der Waals surface area contributed by atoms with Crippen molar-refractivity contribution in [3.05, 3.63) is 94.1 Å². The number of nitrogens with one attached hydrogen (secondary N) is 1. The molecule has 1 aromatic heterocycles. The van der Waals surface area contributed by atoms with E-state index >= 15 is 0 Å². The van der Waals surface area contributed by atoms with E-state index in [0.29, 0.717) is 57.6 Å². The topological polar surface area (TPSA) is 118 Å². The summed E-state index contributed by atoms with van der Waals surface area (Å²) < 4.78 is 15.9. The molecule has 244 valence electrons. The molecule has 0 saturated carbocycles. The second-order valence-electron chi connectivity index (χ2n) is 12.3. The highest BCUT2D eigenvalue weighted by Gasteiger charge is 2.51.